The van der Waals surface area contributed by atoms with Crippen LogP contribution < -0.4 is 0 Å². The Labute approximate surface area is 133 Å². The lowest BCUT2D eigenvalue weighted by Gasteiger charge is -1.98. The molecule has 0 atom stereocenters. The van der Waals surface area contributed by atoms with Crippen LogP contribution in [0.5, 0.6) is 0 Å². The van der Waals surface area contributed by atoms with Crippen molar-refractivity contribution in [3.8, 4) is 0 Å². The number of benzene rings is 1. The molecule has 0 unspecified atom stereocenters. The van der Waals surface area contributed by atoms with Crippen molar-refractivity contribution in [2.75, 3.05) is 0 Å². The van der Waals surface area contributed by atoms with Gasteiger partial charge in [0.05, 0.1) is 0 Å². The van der Waals surface area contributed by atoms with Crippen molar-refractivity contribution < 1.29 is 0 Å². The number of nitrogens with zero attached hydrogens (tertiary/aromatic N) is 4. The average molecular weight is 370 g/mol. The van der Waals surface area contributed by atoms with E-state index in [0.29, 0.717) is 16.1 Å². The summed E-state index contributed by atoms with van der Waals surface area (Å²) < 4.78 is 2.63. The second-order valence-corrected chi connectivity index (χ2v) is 6.49. The highest BCUT2D eigenvalue weighted by Gasteiger charge is 2.09. The number of aryl methyl sites for hydroxylation is 1. The van der Waals surface area contributed by atoms with Gasteiger partial charge in [-0.05, 0) is 30.7 Å². The van der Waals surface area contributed by atoms with Gasteiger partial charge in [-0.2, -0.15) is 9.50 Å². The molecule has 0 bridgehead atoms. The van der Waals surface area contributed by atoms with Crippen LogP contribution in [0.3, 0.4) is 0 Å². The van der Waals surface area contributed by atoms with Crippen LogP contribution in [0.25, 0.3) is 5.78 Å². The van der Waals surface area contributed by atoms with Crippen LogP contribution in [0.2, 0.25) is 5.15 Å². The van der Waals surface area contributed by atoms with Gasteiger partial charge in [-0.15, -0.1) is 5.10 Å². The highest BCUT2D eigenvalue weighted by Crippen LogP contribution is 2.22. The van der Waals surface area contributed by atoms with Crippen molar-refractivity contribution >= 4 is 45.1 Å². The van der Waals surface area contributed by atoms with E-state index in [0.717, 1.165) is 15.9 Å². The molecule has 0 amide bonds. The zero-order valence-electron chi connectivity index (χ0n) is 10.5. The molecule has 3 rings (SSSR count). The molecular formula is C13H10BrClN4S. The number of halogens is 2. The number of aromatic nitrogens is 4. The molecular weight excluding hydrogens is 360 g/mol. The van der Waals surface area contributed by atoms with Gasteiger partial charge in [-0.3, -0.25) is 0 Å². The third kappa shape index (κ3) is 2.97. The first kappa shape index (κ1) is 13.9. The smallest absolute Gasteiger partial charge is 0.216 e. The average Bonchev–Trinajstić information content (AvgIpc) is 2.81. The van der Waals surface area contributed by atoms with Crippen molar-refractivity contribution in [2.24, 2.45) is 0 Å². The lowest BCUT2D eigenvalue weighted by atomic mass is 10.2. The van der Waals surface area contributed by atoms with E-state index in [2.05, 4.69) is 43.1 Å². The summed E-state index contributed by atoms with van der Waals surface area (Å²) >= 11 is 11.1. The van der Waals surface area contributed by atoms with Crippen LogP contribution in [0.15, 0.2) is 40.0 Å². The summed E-state index contributed by atoms with van der Waals surface area (Å²) in [5.74, 6) is 1.34. The standard InChI is InChI=1S/C13H10BrClN4S/c1-8-6-11(15)19-12(16-8)17-13(18-19)20-7-9-2-4-10(14)5-3-9/h2-6H,7H2,1H3. The lowest BCUT2D eigenvalue weighted by Crippen LogP contribution is -1.94. The molecule has 4 nitrogen and oxygen atoms in total. The summed E-state index contributed by atoms with van der Waals surface area (Å²) in [7, 11) is 0. The quantitative estimate of drug-likeness (QED) is 0.514. The molecule has 2 aromatic heterocycles. The Kier molecular flexibility index (Phi) is 3.96. The van der Waals surface area contributed by atoms with E-state index < -0.39 is 0 Å². The van der Waals surface area contributed by atoms with E-state index in [9.17, 15) is 0 Å². The van der Waals surface area contributed by atoms with Gasteiger partial charge in [0, 0.05) is 15.9 Å². The van der Waals surface area contributed by atoms with Gasteiger partial charge >= 0.3 is 0 Å². The molecule has 20 heavy (non-hydrogen) atoms. The van der Waals surface area contributed by atoms with E-state index in [-0.39, 0.29) is 0 Å². The summed E-state index contributed by atoms with van der Waals surface area (Å²) in [4.78, 5) is 8.69. The number of hydrogen-bond donors (Lipinski definition) is 0. The molecule has 0 N–H and O–H groups in total. The summed E-state index contributed by atoms with van der Waals surface area (Å²) in [6.45, 7) is 1.88. The molecule has 0 fully saturated rings. The zero-order valence-corrected chi connectivity index (χ0v) is 13.7. The maximum atomic E-state index is 6.12. The number of thioether (sulfide) groups is 1. The summed E-state index contributed by atoms with van der Waals surface area (Å²) in [5, 5.41) is 5.55. The fourth-order valence-electron chi connectivity index (χ4n) is 1.71. The van der Waals surface area contributed by atoms with Crippen LogP contribution in [0.1, 0.15) is 11.3 Å². The Morgan fingerprint density at radius 2 is 2.00 bits per heavy atom. The minimum Gasteiger partial charge on any atom is -0.216 e. The topological polar surface area (TPSA) is 43.1 Å². The number of rotatable bonds is 3. The largest absolute Gasteiger partial charge is 0.254 e. The van der Waals surface area contributed by atoms with Gasteiger partial charge in [0.1, 0.15) is 5.15 Å². The Morgan fingerprint density at radius 3 is 2.75 bits per heavy atom. The molecule has 0 radical (unpaired) electrons. The van der Waals surface area contributed by atoms with Gasteiger partial charge in [0.25, 0.3) is 5.78 Å². The Balaban J connectivity index is 1.81. The van der Waals surface area contributed by atoms with E-state index in [1.807, 2.05) is 19.1 Å². The first-order valence-corrected chi connectivity index (χ1v) is 8.04. The maximum absolute atomic E-state index is 6.12. The number of hydrogen-bond acceptors (Lipinski definition) is 4. The predicted molar refractivity (Wildman–Crippen MR) is 84.2 cm³/mol. The second kappa shape index (κ2) is 5.71. The lowest BCUT2D eigenvalue weighted by molar-refractivity contribution is 0.876. The van der Waals surface area contributed by atoms with Gasteiger partial charge < -0.3 is 0 Å². The SMILES string of the molecule is Cc1cc(Cl)n2nc(SCc3ccc(Br)cc3)nc2n1. The van der Waals surface area contributed by atoms with Crippen LogP contribution >= 0.6 is 39.3 Å². The van der Waals surface area contributed by atoms with E-state index in [1.165, 1.54) is 5.56 Å². The Bertz CT molecular complexity index is 757. The van der Waals surface area contributed by atoms with Crippen molar-refractivity contribution in [3.63, 3.8) is 0 Å². The first-order valence-electron chi connectivity index (χ1n) is 5.89. The van der Waals surface area contributed by atoms with Gasteiger partial charge in [0.15, 0.2) is 0 Å². The van der Waals surface area contributed by atoms with Crippen LogP contribution in [-0.4, -0.2) is 19.6 Å². The molecule has 0 aliphatic carbocycles. The molecule has 0 saturated carbocycles. The summed E-state index contributed by atoms with van der Waals surface area (Å²) in [5.41, 5.74) is 2.05. The first-order chi connectivity index (χ1) is 9.61. The van der Waals surface area contributed by atoms with Crippen molar-refractivity contribution in [2.45, 2.75) is 17.8 Å². The van der Waals surface area contributed by atoms with Crippen molar-refractivity contribution in [1.82, 2.24) is 19.6 Å². The monoisotopic (exact) mass is 368 g/mol. The molecule has 102 valence electrons. The van der Waals surface area contributed by atoms with Gasteiger partial charge in [-0.1, -0.05) is 51.4 Å². The molecule has 2 heterocycles. The molecule has 0 aliphatic rings. The minimum atomic E-state index is 0.524. The zero-order chi connectivity index (χ0) is 14.1. The van der Waals surface area contributed by atoms with Crippen LogP contribution in [0, 0.1) is 6.92 Å². The van der Waals surface area contributed by atoms with E-state index in [4.69, 9.17) is 11.6 Å². The second-order valence-electron chi connectivity index (χ2n) is 4.24. The Morgan fingerprint density at radius 1 is 1.25 bits per heavy atom. The van der Waals surface area contributed by atoms with Gasteiger partial charge in [-0.25, -0.2) is 4.98 Å². The Hall–Kier alpha value is -1.11. The van der Waals surface area contributed by atoms with E-state index >= 15 is 0 Å². The predicted octanol–water partition coefficient (Wildman–Crippen LogP) is 4.14. The third-order valence-electron chi connectivity index (χ3n) is 2.66. The van der Waals surface area contributed by atoms with E-state index in [1.54, 1.807) is 22.3 Å². The summed E-state index contributed by atoms with van der Waals surface area (Å²) in [6.07, 6.45) is 0. The van der Waals surface area contributed by atoms with Crippen molar-refractivity contribution in [1.29, 1.82) is 0 Å². The molecule has 3 aromatic rings. The molecule has 0 saturated heterocycles. The normalized spacial score (nSPS) is 11.2. The fourth-order valence-corrected chi connectivity index (χ4v) is 3.02. The highest BCUT2D eigenvalue weighted by atomic mass is 79.9. The van der Waals surface area contributed by atoms with Crippen LogP contribution in [0.4, 0.5) is 0 Å². The van der Waals surface area contributed by atoms with Gasteiger partial charge in [0.2, 0.25) is 5.16 Å². The fraction of sp³-hybridized carbons (Fsp3) is 0.154. The van der Waals surface area contributed by atoms with Crippen molar-refractivity contribution in [3.05, 3.63) is 51.2 Å². The molecule has 1 aromatic carbocycles. The summed E-state index contributed by atoms with van der Waals surface area (Å²) in [6, 6.07) is 9.96. The van der Waals surface area contributed by atoms with Crippen LogP contribution in [-0.2, 0) is 5.75 Å². The third-order valence-corrected chi connectivity index (χ3v) is 4.37. The number of fused-ring (bicyclic) bond motifs is 1. The highest BCUT2D eigenvalue weighted by molar-refractivity contribution is 9.10. The molecule has 7 heteroatoms. The minimum absolute atomic E-state index is 0.524. The molecule has 0 spiro atoms. The molecule has 0 aliphatic heterocycles. The maximum Gasteiger partial charge on any atom is 0.254 e.